The summed E-state index contributed by atoms with van der Waals surface area (Å²) in [5.74, 6) is -1.10. The molecule has 0 aliphatic carbocycles. The Bertz CT molecular complexity index is 490. The smallest absolute Gasteiger partial charge is 0.407 e. The topological polar surface area (TPSA) is 87.1 Å². The first-order valence-corrected chi connectivity index (χ1v) is 6.94. The van der Waals surface area contributed by atoms with Crippen LogP contribution in [0.15, 0.2) is 30.3 Å². The van der Waals surface area contributed by atoms with Crippen LogP contribution in [0.5, 0.6) is 0 Å². The molecule has 1 saturated heterocycles. The number of likely N-dealkylation sites (tertiary alicyclic amines) is 1. The average molecular weight is 293 g/mol. The predicted octanol–water partition coefficient (Wildman–Crippen LogP) is 1.48. The van der Waals surface area contributed by atoms with E-state index in [1.165, 1.54) is 4.90 Å². The monoisotopic (exact) mass is 293 g/mol. The maximum Gasteiger partial charge on any atom is 0.407 e. The molecule has 2 N–H and O–H groups in total. The molecule has 1 amide bonds. The minimum Gasteiger partial charge on any atom is -0.465 e. The highest BCUT2D eigenvalue weighted by atomic mass is 16.5. The van der Waals surface area contributed by atoms with Crippen molar-refractivity contribution < 1.29 is 24.5 Å². The molecular weight excluding hydrogens is 274 g/mol. The molecule has 2 unspecified atom stereocenters. The molecule has 1 aliphatic rings. The molecule has 114 valence electrons. The fraction of sp³-hybridized carbons (Fsp3) is 0.467. The summed E-state index contributed by atoms with van der Waals surface area (Å²) in [7, 11) is 0. The first kappa shape index (κ1) is 15.3. The second-order valence-corrected chi connectivity index (χ2v) is 5.17. The van der Waals surface area contributed by atoms with Crippen LogP contribution in [-0.4, -0.2) is 46.4 Å². The van der Waals surface area contributed by atoms with Gasteiger partial charge in [0, 0.05) is 19.0 Å². The Morgan fingerprint density at radius 1 is 1.33 bits per heavy atom. The molecule has 2 atom stereocenters. The maximum atomic E-state index is 11.9. The van der Waals surface area contributed by atoms with Crippen LogP contribution in [0.2, 0.25) is 0 Å². The normalized spacial score (nSPS) is 19.9. The van der Waals surface area contributed by atoms with Gasteiger partial charge in [-0.15, -0.1) is 0 Å². The Hall–Kier alpha value is -2.08. The molecule has 0 radical (unpaired) electrons. The fourth-order valence-corrected chi connectivity index (χ4v) is 2.45. The Morgan fingerprint density at radius 2 is 2.05 bits per heavy atom. The van der Waals surface area contributed by atoms with Gasteiger partial charge in [-0.3, -0.25) is 0 Å². The zero-order chi connectivity index (χ0) is 15.2. The van der Waals surface area contributed by atoms with Crippen LogP contribution < -0.4 is 0 Å². The van der Waals surface area contributed by atoms with Gasteiger partial charge in [-0.2, -0.15) is 0 Å². The number of hydrogen-bond donors (Lipinski definition) is 2. The van der Waals surface area contributed by atoms with Crippen LogP contribution in [0, 0.1) is 5.92 Å². The van der Waals surface area contributed by atoms with Crippen molar-refractivity contribution >= 4 is 12.1 Å². The number of carboxylic acid groups (broad SMARTS) is 1. The standard InChI is InChI=1S/C15H19NO5/c17-13(12-7-4-8-16(9-12)15(19)20)14(18)21-10-11-5-2-1-3-6-11/h1-3,5-6,12-13,17H,4,7-10H2,(H,19,20). The molecule has 1 fully saturated rings. The molecule has 6 nitrogen and oxygen atoms in total. The summed E-state index contributed by atoms with van der Waals surface area (Å²) >= 11 is 0. The Morgan fingerprint density at radius 3 is 2.71 bits per heavy atom. The summed E-state index contributed by atoms with van der Waals surface area (Å²) in [6.45, 7) is 0.709. The third-order valence-corrected chi connectivity index (χ3v) is 3.64. The number of hydrogen-bond acceptors (Lipinski definition) is 4. The van der Waals surface area contributed by atoms with Crippen molar-refractivity contribution in [2.75, 3.05) is 13.1 Å². The van der Waals surface area contributed by atoms with Crippen molar-refractivity contribution in [1.82, 2.24) is 4.90 Å². The van der Waals surface area contributed by atoms with Gasteiger partial charge in [-0.25, -0.2) is 9.59 Å². The molecule has 0 aromatic heterocycles. The van der Waals surface area contributed by atoms with Gasteiger partial charge in [0.25, 0.3) is 0 Å². The van der Waals surface area contributed by atoms with E-state index in [4.69, 9.17) is 9.84 Å². The molecule has 1 aromatic rings. The average Bonchev–Trinajstić information content (AvgIpc) is 2.53. The number of rotatable bonds is 4. The van der Waals surface area contributed by atoms with E-state index >= 15 is 0 Å². The molecule has 1 aliphatic heterocycles. The molecule has 0 spiro atoms. The minimum absolute atomic E-state index is 0.103. The first-order chi connectivity index (χ1) is 10.1. The van der Waals surface area contributed by atoms with Gasteiger partial charge in [0.1, 0.15) is 6.61 Å². The summed E-state index contributed by atoms with van der Waals surface area (Å²) in [5.41, 5.74) is 0.842. The van der Waals surface area contributed by atoms with Crippen molar-refractivity contribution in [1.29, 1.82) is 0 Å². The number of piperidine rings is 1. The van der Waals surface area contributed by atoms with Crippen molar-refractivity contribution in [3.8, 4) is 0 Å². The van der Waals surface area contributed by atoms with E-state index in [-0.39, 0.29) is 13.2 Å². The molecule has 21 heavy (non-hydrogen) atoms. The van der Waals surface area contributed by atoms with Gasteiger partial charge in [0.15, 0.2) is 6.10 Å². The highest BCUT2D eigenvalue weighted by Gasteiger charge is 2.33. The number of nitrogens with zero attached hydrogens (tertiary/aromatic N) is 1. The van der Waals surface area contributed by atoms with Gasteiger partial charge in [0.2, 0.25) is 0 Å². The largest absolute Gasteiger partial charge is 0.465 e. The number of aliphatic hydroxyl groups excluding tert-OH is 1. The van der Waals surface area contributed by atoms with Gasteiger partial charge in [0.05, 0.1) is 0 Å². The van der Waals surface area contributed by atoms with Crippen LogP contribution in [0.3, 0.4) is 0 Å². The van der Waals surface area contributed by atoms with Gasteiger partial charge in [-0.05, 0) is 18.4 Å². The minimum atomic E-state index is -1.28. The lowest BCUT2D eigenvalue weighted by atomic mass is 9.93. The van der Waals surface area contributed by atoms with E-state index in [1.807, 2.05) is 30.3 Å². The SMILES string of the molecule is O=C(OCc1ccccc1)C(O)C1CCCN(C(=O)O)C1. The number of carbonyl (C=O) groups is 2. The highest BCUT2D eigenvalue weighted by molar-refractivity contribution is 5.75. The van der Waals surface area contributed by atoms with Crippen LogP contribution in [-0.2, 0) is 16.1 Å². The summed E-state index contributed by atoms with van der Waals surface area (Å²) in [4.78, 5) is 24.0. The van der Waals surface area contributed by atoms with E-state index in [9.17, 15) is 14.7 Å². The second-order valence-electron chi connectivity index (χ2n) is 5.17. The van der Waals surface area contributed by atoms with E-state index in [0.29, 0.717) is 19.4 Å². The highest BCUT2D eigenvalue weighted by Crippen LogP contribution is 2.21. The van der Waals surface area contributed by atoms with Crippen molar-refractivity contribution in [2.45, 2.75) is 25.6 Å². The summed E-state index contributed by atoms with van der Waals surface area (Å²) in [5, 5.41) is 19.0. The molecule has 1 aromatic carbocycles. The number of carbonyl (C=O) groups excluding carboxylic acids is 1. The number of aliphatic hydroxyl groups is 1. The first-order valence-electron chi connectivity index (χ1n) is 6.94. The van der Waals surface area contributed by atoms with E-state index in [0.717, 1.165) is 5.56 Å². The van der Waals surface area contributed by atoms with Gasteiger partial charge >= 0.3 is 12.1 Å². The maximum absolute atomic E-state index is 11.9. The molecule has 1 heterocycles. The lowest BCUT2D eigenvalue weighted by Gasteiger charge is -2.32. The second kappa shape index (κ2) is 7.08. The zero-order valence-electron chi connectivity index (χ0n) is 11.6. The Balaban J connectivity index is 1.85. The third kappa shape index (κ3) is 4.19. The molecule has 6 heteroatoms. The summed E-state index contributed by atoms with van der Waals surface area (Å²) < 4.78 is 5.08. The van der Waals surface area contributed by atoms with Crippen LogP contribution in [0.1, 0.15) is 18.4 Å². The van der Waals surface area contributed by atoms with Gasteiger partial charge < -0.3 is 19.8 Å². The number of amides is 1. The number of ether oxygens (including phenoxy) is 1. The third-order valence-electron chi connectivity index (χ3n) is 3.64. The van der Waals surface area contributed by atoms with E-state index in [1.54, 1.807) is 0 Å². The number of esters is 1. The predicted molar refractivity (Wildman–Crippen MR) is 74.6 cm³/mol. The van der Waals surface area contributed by atoms with Crippen molar-refractivity contribution in [3.63, 3.8) is 0 Å². The summed E-state index contributed by atoms with van der Waals surface area (Å²) in [6.07, 6.45) is -1.05. The Labute approximate surface area is 122 Å². The molecule has 2 rings (SSSR count). The van der Waals surface area contributed by atoms with Crippen LogP contribution >= 0.6 is 0 Å². The fourth-order valence-electron chi connectivity index (χ4n) is 2.45. The lowest BCUT2D eigenvalue weighted by molar-refractivity contribution is -0.159. The van der Waals surface area contributed by atoms with E-state index < -0.39 is 24.1 Å². The van der Waals surface area contributed by atoms with Crippen LogP contribution in [0.25, 0.3) is 0 Å². The lowest BCUT2D eigenvalue weighted by Crippen LogP contribution is -2.45. The quantitative estimate of drug-likeness (QED) is 0.821. The molecular formula is C15H19NO5. The molecule has 0 saturated carbocycles. The van der Waals surface area contributed by atoms with Crippen LogP contribution in [0.4, 0.5) is 4.79 Å². The van der Waals surface area contributed by atoms with Crippen molar-refractivity contribution in [2.24, 2.45) is 5.92 Å². The molecule has 0 bridgehead atoms. The van der Waals surface area contributed by atoms with Crippen molar-refractivity contribution in [3.05, 3.63) is 35.9 Å². The Kier molecular flexibility index (Phi) is 5.16. The van der Waals surface area contributed by atoms with Gasteiger partial charge in [-0.1, -0.05) is 30.3 Å². The van der Waals surface area contributed by atoms with E-state index in [2.05, 4.69) is 0 Å². The summed E-state index contributed by atoms with van der Waals surface area (Å²) in [6, 6.07) is 9.19. The zero-order valence-corrected chi connectivity index (χ0v) is 11.6. The number of benzene rings is 1.